The molecule has 2 aromatic rings. The molecule has 0 aromatic carbocycles. The topological polar surface area (TPSA) is 95.1 Å². The van der Waals surface area contributed by atoms with E-state index in [2.05, 4.69) is 15.4 Å². The van der Waals surface area contributed by atoms with Crippen LogP contribution in [0.25, 0.3) is 5.69 Å². The first-order valence-corrected chi connectivity index (χ1v) is 7.97. The summed E-state index contributed by atoms with van der Waals surface area (Å²) in [6.45, 7) is 4.06. The smallest absolute Gasteiger partial charge is 0.270 e. The number of pyridine rings is 1. The lowest BCUT2D eigenvalue weighted by molar-refractivity contribution is 0.0250. The van der Waals surface area contributed by atoms with Crippen molar-refractivity contribution in [3.05, 3.63) is 41.2 Å². The lowest BCUT2D eigenvalue weighted by Gasteiger charge is -2.23. The fraction of sp³-hybridized carbons (Fsp3) is 0.438. The maximum Gasteiger partial charge on any atom is 0.270 e. The molecular formula is C16H20FN5O2. The molecule has 0 radical (unpaired) electrons. The van der Waals surface area contributed by atoms with E-state index in [1.54, 1.807) is 18.3 Å². The molecule has 0 unspecified atom stereocenters. The zero-order valence-corrected chi connectivity index (χ0v) is 13.5. The summed E-state index contributed by atoms with van der Waals surface area (Å²) < 4.78 is 21.2. The van der Waals surface area contributed by atoms with Crippen molar-refractivity contribution in [3.8, 4) is 5.69 Å². The molecule has 7 nitrogen and oxygen atoms in total. The summed E-state index contributed by atoms with van der Waals surface area (Å²) in [5.41, 5.74) is 6.56. The first-order valence-electron chi connectivity index (χ1n) is 7.97. The Morgan fingerprint density at radius 3 is 2.96 bits per heavy atom. The maximum absolute atomic E-state index is 14.4. The van der Waals surface area contributed by atoms with Gasteiger partial charge in [0.1, 0.15) is 6.10 Å². The summed E-state index contributed by atoms with van der Waals surface area (Å²) in [5.74, 6) is -1.51. The predicted molar refractivity (Wildman–Crippen MR) is 85.4 cm³/mol. The fourth-order valence-corrected chi connectivity index (χ4v) is 2.71. The van der Waals surface area contributed by atoms with Crippen LogP contribution in [0.1, 0.15) is 41.3 Å². The van der Waals surface area contributed by atoms with Gasteiger partial charge in [0.25, 0.3) is 5.91 Å². The molecule has 8 heteroatoms. The Kier molecular flexibility index (Phi) is 4.86. The third kappa shape index (κ3) is 3.15. The van der Waals surface area contributed by atoms with E-state index in [-0.39, 0.29) is 17.5 Å². The van der Waals surface area contributed by atoms with E-state index in [0.29, 0.717) is 25.3 Å². The Labute approximate surface area is 139 Å². The van der Waals surface area contributed by atoms with Crippen molar-refractivity contribution in [2.24, 2.45) is 5.73 Å². The van der Waals surface area contributed by atoms with Crippen molar-refractivity contribution in [2.75, 3.05) is 19.7 Å². The second-order valence-corrected chi connectivity index (χ2v) is 5.64. The lowest BCUT2D eigenvalue weighted by Crippen LogP contribution is -2.33. The number of ether oxygens (including phenoxy) is 1. The highest BCUT2D eigenvalue weighted by atomic mass is 19.1. The molecule has 1 amide bonds. The van der Waals surface area contributed by atoms with Crippen molar-refractivity contribution in [2.45, 2.75) is 25.9 Å². The van der Waals surface area contributed by atoms with Crippen LogP contribution in [0.15, 0.2) is 18.3 Å². The summed E-state index contributed by atoms with van der Waals surface area (Å²) in [6.07, 6.45) is 2.58. The number of carbonyl (C=O) groups excluding carboxylic acids is 1. The van der Waals surface area contributed by atoms with Gasteiger partial charge in [-0.2, -0.15) is 5.10 Å². The van der Waals surface area contributed by atoms with Gasteiger partial charge in [0.2, 0.25) is 0 Å². The first-order chi connectivity index (χ1) is 11.6. The normalized spacial score (nSPS) is 17.8. The second-order valence-electron chi connectivity index (χ2n) is 5.64. The molecule has 3 rings (SSSR count). The SMILES string of the molecule is CCCc1nn(-c2ccc([C@@H]3CNCCO3)nc2)c(C(N)=O)c1F. The molecule has 1 saturated heterocycles. The van der Waals surface area contributed by atoms with E-state index in [4.69, 9.17) is 10.5 Å². The Bertz CT molecular complexity index is 723. The largest absolute Gasteiger partial charge is 0.369 e. The molecule has 0 saturated carbocycles. The lowest BCUT2D eigenvalue weighted by atomic mass is 10.2. The molecular weight excluding hydrogens is 313 g/mol. The fourth-order valence-electron chi connectivity index (χ4n) is 2.71. The van der Waals surface area contributed by atoms with Gasteiger partial charge in [0, 0.05) is 13.1 Å². The van der Waals surface area contributed by atoms with Crippen molar-refractivity contribution in [3.63, 3.8) is 0 Å². The second kappa shape index (κ2) is 7.06. The van der Waals surface area contributed by atoms with Crippen molar-refractivity contribution in [1.82, 2.24) is 20.1 Å². The Hall–Kier alpha value is -2.32. The van der Waals surface area contributed by atoms with E-state index in [1.165, 1.54) is 4.68 Å². The van der Waals surface area contributed by atoms with Crippen LogP contribution in [0.2, 0.25) is 0 Å². The number of nitrogens with two attached hydrogens (primary N) is 1. The molecule has 1 aliphatic heterocycles. The van der Waals surface area contributed by atoms with Gasteiger partial charge in [-0.1, -0.05) is 13.3 Å². The molecule has 3 N–H and O–H groups in total. The number of rotatable bonds is 5. The summed E-state index contributed by atoms with van der Waals surface area (Å²) in [5, 5.41) is 7.43. The standard InChI is InChI=1S/C16H20FN5O2/c1-2-3-12-14(17)15(16(18)23)22(21-12)10-4-5-11(20-8-10)13-9-19-6-7-24-13/h4-5,8,13,19H,2-3,6-7,9H2,1H3,(H2,18,23)/t13-/m0/s1. The minimum atomic E-state index is -0.855. The quantitative estimate of drug-likeness (QED) is 0.855. The van der Waals surface area contributed by atoms with Gasteiger partial charge >= 0.3 is 0 Å². The molecule has 0 bridgehead atoms. The molecule has 1 aliphatic rings. The summed E-state index contributed by atoms with van der Waals surface area (Å²) in [4.78, 5) is 16.0. The molecule has 0 aliphatic carbocycles. The summed E-state index contributed by atoms with van der Waals surface area (Å²) in [7, 11) is 0. The number of nitrogens with zero attached hydrogens (tertiary/aromatic N) is 3. The van der Waals surface area contributed by atoms with Crippen molar-refractivity contribution >= 4 is 5.91 Å². The number of primary amides is 1. The summed E-state index contributed by atoms with van der Waals surface area (Å²) >= 11 is 0. The molecule has 1 atom stereocenters. The van der Waals surface area contributed by atoms with Gasteiger partial charge in [-0.25, -0.2) is 9.07 Å². The van der Waals surface area contributed by atoms with Crippen LogP contribution in [-0.2, 0) is 11.2 Å². The number of morpholine rings is 1. The number of nitrogens with one attached hydrogen (secondary N) is 1. The average molecular weight is 333 g/mol. The highest BCUT2D eigenvalue weighted by molar-refractivity contribution is 5.92. The molecule has 24 heavy (non-hydrogen) atoms. The molecule has 1 fully saturated rings. The Morgan fingerprint density at radius 2 is 2.38 bits per heavy atom. The van der Waals surface area contributed by atoms with E-state index in [1.807, 2.05) is 6.92 Å². The predicted octanol–water partition coefficient (Wildman–Crippen LogP) is 1.12. The highest BCUT2D eigenvalue weighted by Gasteiger charge is 2.23. The molecule has 0 spiro atoms. The van der Waals surface area contributed by atoms with Crippen LogP contribution in [0.3, 0.4) is 0 Å². The molecule has 2 aromatic heterocycles. The first kappa shape index (κ1) is 16.5. The van der Waals surface area contributed by atoms with E-state index in [0.717, 1.165) is 18.7 Å². The third-order valence-electron chi connectivity index (χ3n) is 3.89. The molecule has 128 valence electrons. The zero-order valence-electron chi connectivity index (χ0n) is 13.5. The zero-order chi connectivity index (χ0) is 17.1. The number of hydrogen-bond donors (Lipinski definition) is 2. The minimum absolute atomic E-state index is 0.117. The van der Waals surface area contributed by atoms with Crippen LogP contribution in [0, 0.1) is 5.82 Å². The van der Waals surface area contributed by atoms with Crippen molar-refractivity contribution in [1.29, 1.82) is 0 Å². The maximum atomic E-state index is 14.4. The van der Waals surface area contributed by atoms with Gasteiger partial charge in [0.05, 0.1) is 29.9 Å². The van der Waals surface area contributed by atoms with Gasteiger partial charge in [-0.05, 0) is 18.6 Å². The number of carbonyl (C=O) groups is 1. The number of amides is 1. The van der Waals surface area contributed by atoms with Crippen LogP contribution < -0.4 is 11.1 Å². The van der Waals surface area contributed by atoms with Gasteiger partial charge in [-0.15, -0.1) is 0 Å². The minimum Gasteiger partial charge on any atom is -0.369 e. The van der Waals surface area contributed by atoms with Crippen LogP contribution >= 0.6 is 0 Å². The van der Waals surface area contributed by atoms with E-state index < -0.39 is 11.7 Å². The van der Waals surface area contributed by atoms with Crippen molar-refractivity contribution < 1.29 is 13.9 Å². The van der Waals surface area contributed by atoms with Gasteiger partial charge in [0.15, 0.2) is 11.5 Å². The summed E-state index contributed by atoms with van der Waals surface area (Å²) in [6, 6.07) is 3.52. The third-order valence-corrected chi connectivity index (χ3v) is 3.89. The van der Waals surface area contributed by atoms with E-state index >= 15 is 0 Å². The highest BCUT2D eigenvalue weighted by Crippen LogP contribution is 2.21. The van der Waals surface area contributed by atoms with Gasteiger partial charge in [-0.3, -0.25) is 9.78 Å². The number of aromatic nitrogens is 3. The number of hydrogen-bond acceptors (Lipinski definition) is 5. The number of aryl methyl sites for hydroxylation is 1. The number of halogens is 1. The monoisotopic (exact) mass is 333 g/mol. The molecule has 3 heterocycles. The van der Waals surface area contributed by atoms with Crippen LogP contribution in [0.4, 0.5) is 4.39 Å². The van der Waals surface area contributed by atoms with Crippen LogP contribution in [0.5, 0.6) is 0 Å². The Balaban J connectivity index is 1.93. The van der Waals surface area contributed by atoms with E-state index in [9.17, 15) is 9.18 Å². The Morgan fingerprint density at radius 1 is 1.54 bits per heavy atom. The van der Waals surface area contributed by atoms with Crippen LogP contribution in [-0.4, -0.2) is 40.4 Å². The average Bonchev–Trinajstić information content (AvgIpc) is 2.93. The van der Waals surface area contributed by atoms with Gasteiger partial charge < -0.3 is 15.8 Å².